The molecule has 3 aromatic carbocycles. The van der Waals surface area contributed by atoms with Crippen molar-refractivity contribution in [3.05, 3.63) is 83.4 Å². The van der Waals surface area contributed by atoms with Crippen LogP contribution in [0, 0.1) is 23.5 Å². The van der Waals surface area contributed by atoms with Gasteiger partial charge < -0.3 is 9.47 Å². The van der Waals surface area contributed by atoms with E-state index in [1.165, 1.54) is 62.5 Å². The second kappa shape index (κ2) is 14.7. The maximum absolute atomic E-state index is 15.2. The average molecular weight is 651 g/mol. The van der Waals surface area contributed by atoms with E-state index in [0.29, 0.717) is 24.8 Å². The summed E-state index contributed by atoms with van der Waals surface area (Å²) in [5.74, 6) is -3.16. The monoisotopic (exact) mass is 650 g/mol. The highest BCUT2D eigenvalue weighted by Crippen LogP contribution is 2.44. The lowest BCUT2D eigenvalue weighted by Crippen LogP contribution is -2.37. The maximum atomic E-state index is 15.2. The molecule has 0 spiro atoms. The Morgan fingerprint density at radius 1 is 0.652 bits per heavy atom. The van der Waals surface area contributed by atoms with Crippen LogP contribution in [-0.4, -0.2) is 12.5 Å². The van der Waals surface area contributed by atoms with E-state index in [2.05, 4.69) is 35.9 Å². The number of unbranched alkanes of at least 4 members (excludes halogenated alkanes) is 2. The fourth-order valence-corrected chi connectivity index (χ4v) is 7.18. The Bertz CT molecular complexity index is 1420. The SMILES string of the molecule is CCCCCC1CCC(c2ccc(C3CCC(C(F)(F)Oc4ccc(-c5ccc(OC(F)(F)F)c(F)c5)c(F)c4)CC3)cc2)CC1. The molecule has 0 heterocycles. The third-order valence-corrected chi connectivity index (χ3v) is 9.81. The summed E-state index contributed by atoms with van der Waals surface area (Å²) in [6, 6.07) is 14.2. The van der Waals surface area contributed by atoms with Gasteiger partial charge >= 0.3 is 12.5 Å². The molecular weight excluding hydrogens is 609 g/mol. The standard InChI is InChI=1S/C37H41F7O2/c1-2-3-4-5-24-6-8-25(9-7-24)26-10-12-27(13-11-26)28-14-17-30(18-15-28)36(40,41)45-31-19-20-32(33(38)23-31)29-16-21-35(34(39)22-29)46-37(42,43)44/h10-13,16,19-25,28,30H,2-9,14-15,17-18H2,1H3. The highest BCUT2D eigenvalue weighted by Gasteiger charge is 2.44. The summed E-state index contributed by atoms with van der Waals surface area (Å²) < 4.78 is 105. The lowest BCUT2D eigenvalue weighted by Gasteiger charge is -2.33. The predicted octanol–water partition coefficient (Wildman–Crippen LogP) is 12.3. The lowest BCUT2D eigenvalue weighted by molar-refractivity contribution is -0.275. The highest BCUT2D eigenvalue weighted by atomic mass is 19.4. The molecule has 2 saturated carbocycles. The lowest BCUT2D eigenvalue weighted by atomic mass is 9.75. The zero-order valence-electron chi connectivity index (χ0n) is 26.0. The largest absolute Gasteiger partial charge is 0.573 e. The maximum Gasteiger partial charge on any atom is 0.573 e. The first-order valence-electron chi connectivity index (χ1n) is 16.4. The molecule has 0 unspecified atom stereocenters. The second-order valence-electron chi connectivity index (χ2n) is 12.9. The third-order valence-electron chi connectivity index (χ3n) is 9.81. The van der Waals surface area contributed by atoms with Crippen molar-refractivity contribution in [1.29, 1.82) is 0 Å². The molecule has 250 valence electrons. The summed E-state index contributed by atoms with van der Waals surface area (Å²) >= 11 is 0. The van der Waals surface area contributed by atoms with Gasteiger partial charge in [0, 0.05) is 11.6 Å². The van der Waals surface area contributed by atoms with Gasteiger partial charge in [-0.05, 0) is 110 Å². The molecular formula is C37H41F7O2. The van der Waals surface area contributed by atoms with Crippen molar-refractivity contribution < 1.29 is 40.2 Å². The van der Waals surface area contributed by atoms with Gasteiger partial charge in [-0.1, -0.05) is 62.9 Å². The number of rotatable bonds is 11. The van der Waals surface area contributed by atoms with E-state index < -0.39 is 41.5 Å². The first kappa shape index (κ1) is 34.1. The van der Waals surface area contributed by atoms with Crippen LogP contribution in [0.25, 0.3) is 11.1 Å². The molecule has 0 N–H and O–H groups in total. The van der Waals surface area contributed by atoms with Crippen LogP contribution in [0.3, 0.4) is 0 Å². The number of hydrogen-bond acceptors (Lipinski definition) is 2. The Balaban J connectivity index is 1.13. The van der Waals surface area contributed by atoms with Crippen molar-refractivity contribution in [1.82, 2.24) is 0 Å². The zero-order valence-corrected chi connectivity index (χ0v) is 26.0. The van der Waals surface area contributed by atoms with E-state index in [4.69, 9.17) is 4.74 Å². The smallest absolute Gasteiger partial charge is 0.432 e. The molecule has 0 bridgehead atoms. The molecule has 0 saturated heterocycles. The van der Waals surface area contributed by atoms with Gasteiger partial charge in [0.1, 0.15) is 11.6 Å². The van der Waals surface area contributed by atoms with Crippen LogP contribution in [0.15, 0.2) is 60.7 Å². The fourth-order valence-electron chi connectivity index (χ4n) is 7.18. The van der Waals surface area contributed by atoms with Gasteiger partial charge in [0.05, 0.1) is 5.92 Å². The number of hydrogen-bond donors (Lipinski definition) is 0. The highest BCUT2D eigenvalue weighted by molar-refractivity contribution is 5.66. The van der Waals surface area contributed by atoms with E-state index >= 15 is 8.78 Å². The molecule has 0 amide bonds. The summed E-state index contributed by atoms with van der Waals surface area (Å²) in [7, 11) is 0. The first-order chi connectivity index (χ1) is 21.9. The van der Waals surface area contributed by atoms with Crippen LogP contribution in [0.1, 0.15) is 107 Å². The van der Waals surface area contributed by atoms with Gasteiger partial charge in [0.15, 0.2) is 11.6 Å². The van der Waals surface area contributed by atoms with Gasteiger partial charge in [-0.15, -0.1) is 13.2 Å². The number of halogens is 7. The topological polar surface area (TPSA) is 18.5 Å². The van der Waals surface area contributed by atoms with E-state index in [-0.39, 0.29) is 29.9 Å². The van der Waals surface area contributed by atoms with Gasteiger partial charge in [-0.25, -0.2) is 8.78 Å². The summed E-state index contributed by atoms with van der Waals surface area (Å²) in [5.41, 5.74) is 2.28. The molecule has 0 radical (unpaired) electrons. The van der Waals surface area contributed by atoms with E-state index in [0.717, 1.165) is 36.2 Å². The Kier molecular flexibility index (Phi) is 10.9. The Hall–Kier alpha value is -3.23. The molecule has 2 aliphatic rings. The minimum atomic E-state index is -5.09. The van der Waals surface area contributed by atoms with Crippen LogP contribution >= 0.6 is 0 Å². The average Bonchev–Trinajstić information content (AvgIpc) is 3.02. The number of alkyl halides is 5. The van der Waals surface area contributed by atoms with Crippen molar-refractivity contribution >= 4 is 0 Å². The van der Waals surface area contributed by atoms with Crippen molar-refractivity contribution in [2.24, 2.45) is 11.8 Å². The van der Waals surface area contributed by atoms with Crippen molar-refractivity contribution in [3.8, 4) is 22.6 Å². The number of benzene rings is 3. The van der Waals surface area contributed by atoms with Gasteiger partial charge in [-0.3, -0.25) is 0 Å². The normalized spacial score (nSPS) is 22.4. The molecule has 2 nitrogen and oxygen atoms in total. The van der Waals surface area contributed by atoms with Crippen LogP contribution in [0.2, 0.25) is 0 Å². The molecule has 0 aromatic heterocycles. The van der Waals surface area contributed by atoms with Crippen molar-refractivity contribution in [2.75, 3.05) is 0 Å². The Morgan fingerprint density at radius 3 is 1.80 bits per heavy atom. The van der Waals surface area contributed by atoms with E-state index in [1.807, 2.05) is 0 Å². The van der Waals surface area contributed by atoms with Crippen LogP contribution in [0.5, 0.6) is 11.5 Å². The minimum Gasteiger partial charge on any atom is -0.432 e. The van der Waals surface area contributed by atoms with Crippen LogP contribution < -0.4 is 9.47 Å². The second-order valence-corrected chi connectivity index (χ2v) is 12.9. The minimum absolute atomic E-state index is 0.0839. The molecule has 2 aliphatic carbocycles. The van der Waals surface area contributed by atoms with Gasteiger partial charge in [0.25, 0.3) is 0 Å². The van der Waals surface area contributed by atoms with E-state index in [9.17, 15) is 22.0 Å². The molecule has 0 atom stereocenters. The molecule has 5 rings (SSSR count). The summed E-state index contributed by atoms with van der Waals surface area (Å²) in [6.45, 7) is 2.24. The van der Waals surface area contributed by atoms with Gasteiger partial charge in [-0.2, -0.15) is 8.78 Å². The molecule has 0 aliphatic heterocycles. The number of ether oxygens (including phenoxy) is 2. The third kappa shape index (κ3) is 8.77. The van der Waals surface area contributed by atoms with Gasteiger partial charge in [0.2, 0.25) is 0 Å². The Morgan fingerprint density at radius 2 is 1.26 bits per heavy atom. The summed E-state index contributed by atoms with van der Waals surface area (Å²) in [4.78, 5) is 0. The zero-order chi connectivity index (χ0) is 32.9. The summed E-state index contributed by atoms with van der Waals surface area (Å²) in [5, 5.41) is 0. The van der Waals surface area contributed by atoms with Crippen LogP contribution in [0.4, 0.5) is 30.7 Å². The predicted molar refractivity (Wildman–Crippen MR) is 164 cm³/mol. The van der Waals surface area contributed by atoms with Crippen LogP contribution in [-0.2, 0) is 0 Å². The van der Waals surface area contributed by atoms with Crippen molar-refractivity contribution in [3.63, 3.8) is 0 Å². The molecule has 46 heavy (non-hydrogen) atoms. The molecule has 9 heteroatoms. The van der Waals surface area contributed by atoms with E-state index in [1.54, 1.807) is 0 Å². The molecule has 2 fully saturated rings. The fraction of sp³-hybridized carbons (Fsp3) is 0.514. The quantitative estimate of drug-likeness (QED) is 0.152. The Labute approximate surface area is 266 Å². The first-order valence-corrected chi connectivity index (χ1v) is 16.4. The molecule has 3 aromatic rings. The van der Waals surface area contributed by atoms with Crippen molar-refractivity contribution in [2.45, 2.75) is 108 Å². The summed E-state index contributed by atoms with van der Waals surface area (Å²) in [6.07, 6.45) is 3.42.